The zero-order chi connectivity index (χ0) is 22.7. The van der Waals surface area contributed by atoms with E-state index in [1.54, 1.807) is 0 Å². The number of benzene rings is 2. The summed E-state index contributed by atoms with van der Waals surface area (Å²) in [5.74, 6) is -0.788. The Balaban J connectivity index is 2.23. The van der Waals surface area contributed by atoms with Crippen molar-refractivity contribution in [1.82, 2.24) is 5.32 Å². The highest BCUT2D eigenvalue weighted by Gasteiger charge is 2.31. The highest BCUT2D eigenvalue weighted by atomic mass is 32.2. The first-order chi connectivity index (χ1) is 13.8. The smallest absolute Gasteiger partial charge is 0.350 e. The minimum Gasteiger partial charge on any atom is -0.350 e. The summed E-state index contributed by atoms with van der Waals surface area (Å²) >= 11 is 0. The molecule has 8 nitrogen and oxygen atoms in total. The number of hydrogen-bond acceptors (Lipinski definition) is 5. The Labute approximate surface area is 170 Å². The number of rotatable bonds is 7. The van der Waals surface area contributed by atoms with Crippen LogP contribution in [-0.2, 0) is 27.5 Å². The van der Waals surface area contributed by atoms with E-state index < -0.39 is 38.6 Å². The largest absolute Gasteiger partial charge is 0.416 e. The molecule has 0 radical (unpaired) electrons. The van der Waals surface area contributed by atoms with Crippen molar-refractivity contribution in [1.29, 1.82) is 0 Å². The molecule has 0 spiro atoms. The molecule has 0 saturated heterocycles. The van der Waals surface area contributed by atoms with E-state index in [4.69, 9.17) is 0 Å². The molecule has 1 atom stereocenters. The predicted molar refractivity (Wildman–Crippen MR) is 103 cm³/mol. The van der Waals surface area contributed by atoms with Crippen LogP contribution in [0, 0.1) is 10.1 Å². The maximum absolute atomic E-state index is 12.8. The fraction of sp³-hybridized carbons (Fsp3) is 0.278. The third kappa shape index (κ3) is 5.69. The summed E-state index contributed by atoms with van der Waals surface area (Å²) in [6, 6.07) is 7.78. The van der Waals surface area contributed by atoms with E-state index in [0.717, 1.165) is 24.5 Å². The number of amides is 1. The summed E-state index contributed by atoms with van der Waals surface area (Å²) in [5, 5.41) is 13.4. The van der Waals surface area contributed by atoms with Crippen molar-refractivity contribution in [3.63, 3.8) is 0 Å². The normalized spacial score (nSPS) is 12.8. The molecular formula is C18H18F3N3O5S. The number of nitrogens with zero attached hydrogens (tertiary/aromatic N) is 2. The zero-order valence-electron chi connectivity index (χ0n) is 15.9. The minimum absolute atomic E-state index is 0.0894. The molecular weight excluding hydrogens is 427 g/mol. The molecule has 2 aromatic carbocycles. The average Bonchev–Trinajstić information content (AvgIpc) is 2.64. The van der Waals surface area contributed by atoms with E-state index in [2.05, 4.69) is 5.32 Å². The lowest BCUT2D eigenvalue weighted by Gasteiger charge is -2.28. The highest BCUT2D eigenvalue weighted by molar-refractivity contribution is 7.92. The minimum atomic E-state index is -4.54. The maximum Gasteiger partial charge on any atom is 0.416 e. The monoisotopic (exact) mass is 445 g/mol. The van der Waals surface area contributed by atoms with Crippen molar-refractivity contribution in [3.8, 4) is 0 Å². The van der Waals surface area contributed by atoms with Crippen molar-refractivity contribution in [3.05, 3.63) is 69.8 Å². The Morgan fingerprint density at radius 2 is 1.83 bits per heavy atom. The fourth-order valence-corrected chi connectivity index (χ4v) is 3.91. The number of hydrogen-bond donors (Lipinski definition) is 1. The molecule has 2 rings (SSSR count). The van der Waals surface area contributed by atoms with Gasteiger partial charge in [-0.2, -0.15) is 13.2 Å². The summed E-state index contributed by atoms with van der Waals surface area (Å²) in [6.07, 6.45) is -3.70. The van der Waals surface area contributed by atoms with Crippen LogP contribution in [0.2, 0.25) is 0 Å². The van der Waals surface area contributed by atoms with E-state index in [9.17, 15) is 36.5 Å². The van der Waals surface area contributed by atoms with Gasteiger partial charge in [-0.05, 0) is 30.7 Å². The fourth-order valence-electron chi connectivity index (χ4n) is 2.75. The van der Waals surface area contributed by atoms with Crippen molar-refractivity contribution >= 4 is 27.3 Å². The molecule has 0 aliphatic carbocycles. The van der Waals surface area contributed by atoms with Gasteiger partial charge in [0.2, 0.25) is 15.9 Å². The Morgan fingerprint density at radius 1 is 1.20 bits per heavy atom. The number of nitrogens with one attached hydrogen (secondary N) is 1. The van der Waals surface area contributed by atoms with Crippen molar-refractivity contribution in [2.45, 2.75) is 25.7 Å². The van der Waals surface area contributed by atoms with Gasteiger partial charge in [0.15, 0.2) is 0 Å². The Kier molecular flexibility index (Phi) is 6.70. The van der Waals surface area contributed by atoms with E-state index in [1.807, 2.05) is 0 Å². The third-order valence-corrected chi connectivity index (χ3v) is 5.35. The van der Waals surface area contributed by atoms with Crippen molar-refractivity contribution < 1.29 is 31.3 Å². The van der Waals surface area contributed by atoms with Gasteiger partial charge < -0.3 is 5.32 Å². The summed E-state index contributed by atoms with van der Waals surface area (Å²) < 4.78 is 63.6. The molecule has 162 valence electrons. The van der Waals surface area contributed by atoms with Crippen molar-refractivity contribution in [2.75, 3.05) is 10.6 Å². The van der Waals surface area contributed by atoms with Gasteiger partial charge in [-0.15, -0.1) is 0 Å². The predicted octanol–water partition coefficient (Wildman–Crippen LogP) is 3.08. The number of carbonyl (C=O) groups excluding carboxylic acids is 1. The van der Waals surface area contributed by atoms with Gasteiger partial charge >= 0.3 is 6.18 Å². The first-order valence-electron chi connectivity index (χ1n) is 8.48. The van der Waals surface area contributed by atoms with Gasteiger partial charge in [-0.3, -0.25) is 19.2 Å². The van der Waals surface area contributed by atoms with Crippen LogP contribution < -0.4 is 9.62 Å². The molecule has 0 aliphatic heterocycles. The van der Waals surface area contributed by atoms with Crippen LogP contribution in [0.25, 0.3) is 0 Å². The van der Waals surface area contributed by atoms with E-state index in [-0.39, 0.29) is 23.5 Å². The molecule has 0 fully saturated rings. The van der Waals surface area contributed by atoms with Crippen LogP contribution in [0.5, 0.6) is 0 Å². The number of nitro groups is 1. The van der Waals surface area contributed by atoms with E-state index in [0.29, 0.717) is 4.31 Å². The van der Waals surface area contributed by atoms with Crippen LogP contribution in [0.15, 0.2) is 48.5 Å². The average molecular weight is 445 g/mol. The zero-order valence-corrected chi connectivity index (χ0v) is 16.7. The van der Waals surface area contributed by atoms with Gasteiger partial charge in [-0.1, -0.05) is 18.2 Å². The van der Waals surface area contributed by atoms with Gasteiger partial charge in [0, 0.05) is 18.7 Å². The van der Waals surface area contributed by atoms with Gasteiger partial charge in [0.05, 0.1) is 22.4 Å². The quantitative estimate of drug-likeness (QED) is 0.520. The molecule has 0 saturated carbocycles. The van der Waals surface area contributed by atoms with Gasteiger partial charge in [0.25, 0.3) is 5.69 Å². The van der Waals surface area contributed by atoms with E-state index in [1.165, 1.54) is 37.3 Å². The number of halogens is 3. The maximum atomic E-state index is 12.8. The summed E-state index contributed by atoms with van der Waals surface area (Å²) in [7, 11) is -4.01. The standard InChI is InChI=1S/C18H18F3N3O5S/c1-12(17(25)22-11-13-5-3-6-14(9-13)18(19,20)21)23(30(2,28)29)15-7-4-8-16(10-15)24(26)27/h3-10,12H,11H2,1-2H3,(H,22,25). The van der Waals surface area contributed by atoms with Crippen LogP contribution in [0.4, 0.5) is 24.5 Å². The number of sulfonamides is 1. The first kappa shape index (κ1) is 23.1. The van der Waals surface area contributed by atoms with Gasteiger partial charge in [-0.25, -0.2) is 8.42 Å². The first-order valence-corrected chi connectivity index (χ1v) is 10.3. The summed E-state index contributed by atoms with van der Waals surface area (Å²) in [5.41, 5.74) is -1.16. The number of nitro benzene ring substituents is 1. The Hall–Kier alpha value is -3.15. The Bertz CT molecular complexity index is 1060. The van der Waals surface area contributed by atoms with Crippen LogP contribution in [0.3, 0.4) is 0 Å². The molecule has 30 heavy (non-hydrogen) atoms. The molecule has 1 N–H and O–H groups in total. The topological polar surface area (TPSA) is 110 Å². The molecule has 1 amide bonds. The molecule has 12 heteroatoms. The van der Waals surface area contributed by atoms with E-state index >= 15 is 0 Å². The lowest BCUT2D eigenvalue weighted by Crippen LogP contribution is -2.47. The second-order valence-corrected chi connectivity index (χ2v) is 8.29. The molecule has 0 heterocycles. The third-order valence-electron chi connectivity index (χ3n) is 4.10. The molecule has 2 aromatic rings. The summed E-state index contributed by atoms with van der Waals surface area (Å²) in [4.78, 5) is 22.8. The molecule has 0 aromatic heterocycles. The summed E-state index contributed by atoms with van der Waals surface area (Å²) in [6.45, 7) is 1.00. The second-order valence-electron chi connectivity index (χ2n) is 6.43. The lowest BCUT2D eigenvalue weighted by molar-refractivity contribution is -0.384. The SMILES string of the molecule is CC(C(=O)NCc1cccc(C(F)(F)F)c1)N(c1cccc([N+](=O)[O-])c1)S(C)(=O)=O. The number of carbonyl (C=O) groups is 1. The van der Waals surface area contributed by atoms with Crippen LogP contribution >= 0.6 is 0 Å². The Morgan fingerprint density at radius 3 is 2.40 bits per heavy atom. The number of non-ortho nitro benzene ring substituents is 1. The van der Waals surface area contributed by atoms with Crippen molar-refractivity contribution in [2.24, 2.45) is 0 Å². The van der Waals surface area contributed by atoms with Crippen LogP contribution in [-0.4, -0.2) is 31.5 Å². The van der Waals surface area contributed by atoms with Crippen LogP contribution in [0.1, 0.15) is 18.1 Å². The number of anilines is 1. The number of alkyl halides is 3. The molecule has 0 bridgehead atoms. The second kappa shape index (κ2) is 8.69. The van der Waals surface area contributed by atoms with Gasteiger partial charge in [0.1, 0.15) is 6.04 Å². The highest BCUT2D eigenvalue weighted by Crippen LogP contribution is 2.29. The molecule has 0 aliphatic rings. The lowest BCUT2D eigenvalue weighted by atomic mass is 10.1. The molecule has 1 unspecified atom stereocenters.